The van der Waals surface area contributed by atoms with Gasteiger partial charge in [-0.25, -0.2) is 0 Å². The molecule has 17 heavy (non-hydrogen) atoms. The van der Waals surface area contributed by atoms with Gasteiger partial charge >= 0.3 is 0 Å². The van der Waals surface area contributed by atoms with Crippen LogP contribution in [0.1, 0.15) is 22.0 Å². The molecule has 0 aliphatic heterocycles. The zero-order valence-corrected chi connectivity index (χ0v) is 8.98. The standard InChI is InChI=1S/C12H11N3O2/c13-12(17)11(15-6-2-5-14-15)10-4-1-3-9(7-10)8-16/h1-8,11H,(H2,13,17). The molecule has 1 heterocycles. The lowest BCUT2D eigenvalue weighted by atomic mass is 10.0. The van der Waals surface area contributed by atoms with Crippen molar-refractivity contribution in [3.8, 4) is 0 Å². The second kappa shape index (κ2) is 4.61. The fourth-order valence-corrected chi connectivity index (χ4v) is 1.68. The van der Waals surface area contributed by atoms with Crippen LogP contribution in [-0.4, -0.2) is 22.0 Å². The molecule has 5 nitrogen and oxygen atoms in total. The minimum Gasteiger partial charge on any atom is -0.368 e. The summed E-state index contributed by atoms with van der Waals surface area (Å²) in [6.07, 6.45) is 3.95. The molecule has 2 aromatic rings. The summed E-state index contributed by atoms with van der Waals surface area (Å²) in [5, 5.41) is 4.00. The molecule has 1 atom stereocenters. The van der Waals surface area contributed by atoms with Gasteiger partial charge in [0, 0.05) is 18.0 Å². The van der Waals surface area contributed by atoms with Gasteiger partial charge in [0.05, 0.1) is 0 Å². The van der Waals surface area contributed by atoms with E-state index in [1.165, 1.54) is 4.68 Å². The monoisotopic (exact) mass is 229 g/mol. The van der Waals surface area contributed by atoms with Gasteiger partial charge in [0.25, 0.3) is 0 Å². The largest absolute Gasteiger partial charge is 0.368 e. The average molecular weight is 229 g/mol. The fourth-order valence-electron chi connectivity index (χ4n) is 1.68. The van der Waals surface area contributed by atoms with E-state index in [0.29, 0.717) is 11.1 Å². The predicted octanol–water partition coefficient (Wildman–Crippen LogP) is 0.770. The molecule has 0 aliphatic carbocycles. The Labute approximate surface area is 97.9 Å². The van der Waals surface area contributed by atoms with Crippen LogP contribution in [0, 0.1) is 0 Å². The SMILES string of the molecule is NC(=O)C(c1cccc(C=O)c1)n1cccn1. The Balaban J connectivity index is 2.46. The second-order valence-corrected chi connectivity index (χ2v) is 3.58. The summed E-state index contributed by atoms with van der Waals surface area (Å²) < 4.78 is 1.46. The number of amides is 1. The lowest BCUT2D eigenvalue weighted by Gasteiger charge is -2.14. The second-order valence-electron chi connectivity index (χ2n) is 3.58. The highest BCUT2D eigenvalue weighted by Gasteiger charge is 2.20. The van der Waals surface area contributed by atoms with Crippen molar-refractivity contribution in [3.05, 3.63) is 53.9 Å². The molecule has 5 heteroatoms. The van der Waals surface area contributed by atoms with Crippen molar-refractivity contribution in [2.75, 3.05) is 0 Å². The maximum absolute atomic E-state index is 11.5. The number of primary amides is 1. The highest BCUT2D eigenvalue weighted by molar-refractivity contribution is 5.83. The molecule has 1 aromatic carbocycles. The third-order valence-electron chi connectivity index (χ3n) is 2.42. The molecule has 2 rings (SSSR count). The number of nitrogens with two attached hydrogens (primary N) is 1. The van der Waals surface area contributed by atoms with E-state index in [0.717, 1.165) is 6.29 Å². The van der Waals surface area contributed by atoms with Crippen LogP contribution >= 0.6 is 0 Å². The van der Waals surface area contributed by atoms with Gasteiger partial charge in [0.1, 0.15) is 6.29 Å². The van der Waals surface area contributed by atoms with Crippen molar-refractivity contribution < 1.29 is 9.59 Å². The van der Waals surface area contributed by atoms with Crippen LogP contribution in [-0.2, 0) is 4.79 Å². The number of benzene rings is 1. The van der Waals surface area contributed by atoms with Crippen molar-refractivity contribution in [2.45, 2.75) is 6.04 Å². The number of rotatable bonds is 4. The minimum atomic E-state index is -0.690. The van der Waals surface area contributed by atoms with Gasteiger partial charge in [-0.2, -0.15) is 5.10 Å². The lowest BCUT2D eigenvalue weighted by Crippen LogP contribution is -2.27. The number of hydrogen-bond donors (Lipinski definition) is 1. The Bertz CT molecular complexity index is 534. The van der Waals surface area contributed by atoms with E-state index in [2.05, 4.69) is 5.10 Å². The molecule has 2 N–H and O–H groups in total. The van der Waals surface area contributed by atoms with E-state index < -0.39 is 11.9 Å². The van der Waals surface area contributed by atoms with Crippen LogP contribution in [0.15, 0.2) is 42.7 Å². The summed E-state index contributed by atoms with van der Waals surface area (Å²) in [4.78, 5) is 22.2. The third-order valence-corrected chi connectivity index (χ3v) is 2.42. The highest BCUT2D eigenvalue weighted by Crippen LogP contribution is 2.17. The quantitative estimate of drug-likeness (QED) is 0.786. The van der Waals surface area contributed by atoms with Gasteiger partial charge in [-0.15, -0.1) is 0 Å². The van der Waals surface area contributed by atoms with E-state index in [1.807, 2.05) is 0 Å². The first-order valence-corrected chi connectivity index (χ1v) is 5.06. The zero-order valence-electron chi connectivity index (χ0n) is 8.98. The first-order chi connectivity index (χ1) is 8.22. The Morgan fingerprint density at radius 2 is 2.24 bits per heavy atom. The Morgan fingerprint density at radius 3 is 2.82 bits per heavy atom. The van der Waals surface area contributed by atoms with E-state index in [9.17, 15) is 9.59 Å². The van der Waals surface area contributed by atoms with Crippen molar-refractivity contribution in [1.82, 2.24) is 9.78 Å². The number of carbonyl (C=O) groups excluding carboxylic acids is 2. The molecular weight excluding hydrogens is 218 g/mol. The molecule has 0 spiro atoms. The Morgan fingerprint density at radius 1 is 1.41 bits per heavy atom. The number of hydrogen-bond acceptors (Lipinski definition) is 3. The van der Waals surface area contributed by atoms with Crippen LogP contribution in [0.2, 0.25) is 0 Å². The van der Waals surface area contributed by atoms with Crippen molar-refractivity contribution in [2.24, 2.45) is 5.73 Å². The van der Waals surface area contributed by atoms with Crippen LogP contribution < -0.4 is 5.73 Å². The molecule has 1 aromatic heterocycles. The maximum atomic E-state index is 11.5. The summed E-state index contributed by atoms with van der Waals surface area (Å²) >= 11 is 0. The van der Waals surface area contributed by atoms with Gasteiger partial charge < -0.3 is 5.73 Å². The van der Waals surface area contributed by atoms with Gasteiger partial charge in [-0.05, 0) is 17.7 Å². The smallest absolute Gasteiger partial charge is 0.246 e. The van der Waals surface area contributed by atoms with Crippen LogP contribution in [0.25, 0.3) is 0 Å². The van der Waals surface area contributed by atoms with Crippen LogP contribution in [0.3, 0.4) is 0 Å². The number of nitrogens with zero attached hydrogens (tertiary/aromatic N) is 2. The van der Waals surface area contributed by atoms with Crippen molar-refractivity contribution >= 4 is 12.2 Å². The van der Waals surface area contributed by atoms with Gasteiger partial charge in [-0.3, -0.25) is 14.3 Å². The normalized spacial score (nSPS) is 12.0. The molecule has 0 aliphatic rings. The molecule has 0 saturated carbocycles. The zero-order chi connectivity index (χ0) is 12.3. The molecule has 86 valence electrons. The van der Waals surface area contributed by atoms with Gasteiger partial charge in [0.15, 0.2) is 6.04 Å². The van der Waals surface area contributed by atoms with Crippen molar-refractivity contribution in [1.29, 1.82) is 0 Å². The summed E-state index contributed by atoms with van der Waals surface area (Å²) in [6.45, 7) is 0. The lowest BCUT2D eigenvalue weighted by molar-refractivity contribution is -0.120. The topological polar surface area (TPSA) is 78.0 Å². The number of aldehydes is 1. The van der Waals surface area contributed by atoms with E-state index in [4.69, 9.17) is 5.73 Å². The summed E-state index contributed by atoms with van der Waals surface area (Å²) in [5.41, 5.74) is 6.51. The van der Waals surface area contributed by atoms with Crippen molar-refractivity contribution in [3.63, 3.8) is 0 Å². The summed E-state index contributed by atoms with van der Waals surface area (Å²) in [6, 6.07) is 7.76. The number of carbonyl (C=O) groups is 2. The molecule has 1 unspecified atom stereocenters. The Kier molecular flexibility index (Phi) is 3.00. The first-order valence-electron chi connectivity index (χ1n) is 5.06. The van der Waals surface area contributed by atoms with E-state index in [1.54, 1.807) is 42.7 Å². The molecular formula is C12H11N3O2. The van der Waals surface area contributed by atoms with Gasteiger partial charge in [0.2, 0.25) is 5.91 Å². The van der Waals surface area contributed by atoms with Gasteiger partial charge in [-0.1, -0.05) is 18.2 Å². The molecule has 1 amide bonds. The summed E-state index contributed by atoms with van der Waals surface area (Å²) in [7, 11) is 0. The Hall–Kier alpha value is -2.43. The fraction of sp³-hybridized carbons (Fsp3) is 0.0833. The predicted molar refractivity (Wildman–Crippen MR) is 61.4 cm³/mol. The molecule has 0 bridgehead atoms. The minimum absolute atomic E-state index is 0.501. The van der Waals surface area contributed by atoms with E-state index in [-0.39, 0.29) is 0 Å². The molecule has 0 saturated heterocycles. The summed E-state index contributed by atoms with van der Waals surface area (Å²) in [5.74, 6) is -0.517. The number of aromatic nitrogens is 2. The maximum Gasteiger partial charge on any atom is 0.246 e. The highest BCUT2D eigenvalue weighted by atomic mass is 16.1. The first kappa shape index (κ1) is 11.1. The van der Waals surface area contributed by atoms with Crippen LogP contribution in [0.5, 0.6) is 0 Å². The molecule has 0 radical (unpaired) electrons. The average Bonchev–Trinajstić information content (AvgIpc) is 2.83. The van der Waals surface area contributed by atoms with E-state index >= 15 is 0 Å². The van der Waals surface area contributed by atoms with Crippen LogP contribution in [0.4, 0.5) is 0 Å². The molecule has 0 fully saturated rings. The third kappa shape index (κ3) is 2.23.